The average Bonchev–Trinajstić information content (AvgIpc) is 2.14. The minimum absolute atomic E-state index is 0.549. The maximum absolute atomic E-state index is 5.56. The van der Waals surface area contributed by atoms with E-state index in [9.17, 15) is 0 Å². The summed E-state index contributed by atoms with van der Waals surface area (Å²) in [4.78, 5) is 2.76. The minimum Gasteiger partial charge on any atom is -0.494 e. The van der Waals surface area contributed by atoms with Gasteiger partial charge in [0, 0.05) is 6.20 Å². The number of hydrogen-bond donors (Lipinski definition) is 1. The fourth-order valence-corrected chi connectivity index (χ4v) is 0.696. The number of methoxy groups -OCH3 is 1. The van der Waals surface area contributed by atoms with Crippen LogP contribution in [0, 0.1) is 0 Å². The van der Waals surface area contributed by atoms with Crippen LogP contribution < -0.4 is 4.74 Å². The first-order chi connectivity index (χ1) is 3.84. The number of aromatic nitrogens is 1. The lowest BCUT2D eigenvalue weighted by atomic mass is 10.6. The second-order valence-corrected chi connectivity index (χ2v) is 1.74. The van der Waals surface area contributed by atoms with Crippen LogP contribution in [0.2, 0.25) is 5.15 Å². The van der Waals surface area contributed by atoms with Crippen LogP contribution in [-0.2, 0) is 0 Å². The molecule has 1 rings (SSSR count). The molecular weight excluding hydrogens is 126 g/mol. The molecule has 1 N–H and O–H groups in total. The molecule has 0 amide bonds. The van der Waals surface area contributed by atoms with E-state index in [0.717, 1.165) is 0 Å². The van der Waals surface area contributed by atoms with E-state index in [1.54, 1.807) is 19.4 Å². The van der Waals surface area contributed by atoms with E-state index in [-0.39, 0.29) is 0 Å². The number of ether oxygens (including phenoxy) is 1. The molecule has 0 aliphatic rings. The van der Waals surface area contributed by atoms with Crippen LogP contribution >= 0.6 is 11.6 Å². The van der Waals surface area contributed by atoms with E-state index in [1.807, 2.05) is 0 Å². The lowest BCUT2D eigenvalue weighted by molar-refractivity contribution is 0.415. The number of hydrogen-bond acceptors (Lipinski definition) is 1. The van der Waals surface area contributed by atoms with Gasteiger partial charge in [-0.3, -0.25) is 0 Å². The van der Waals surface area contributed by atoms with Crippen molar-refractivity contribution < 1.29 is 4.74 Å². The van der Waals surface area contributed by atoms with Crippen molar-refractivity contribution in [2.75, 3.05) is 7.11 Å². The lowest BCUT2D eigenvalue weighted by Crippen LogP contribution is -1.77. The lowest BCUT2D eigenvalue weighted by Gasteiger charge is -1.91. The first-order valence-corrected chi connectivity index (χ1v) is 2.59. The van der Waals surface area contributed by atoms with E-state index < -0.39 is 0 Å². The van der Waals surface area contributed by atoms with Crippen LogP contribution in [0.5, 0.6) is 5.75 Å². The summed E-state index contributed by atoms with van der Waals surface area (Å²) in [5.41, 5.74) is 0. The van der Waals surface area contributed by atoms with Gasteiger partial charge in [0.25, 0.3) is 0 Å². The molecule has 0 aliphatic carbocycles. The Labute approximate surface area is 52.4 Å². The van der Waals surface area contributed by atoms with Gasteiger partial charge in [-0.1, -0.05) is 11.6 Å². The predicted octanol–water partition coefficient (Wildman–Crippen LogP) is 1.68. The monoisotopic (exact) mass is 131 g/mol. The molecule has 1 heterocycles. The zero-order valence-electron chi connectivity index (χ0n) is 4.44. The van der Waals surface area contributed by atoms with Crippen molar-refractivity contribution in [3.8, 4) is 5.75 Å². The van der Waals surface area contributed by atoms with Gasteiger partial charge in [-0.05, 0) is 6.07 Å². The fraction of sp³-hybridized carbons (Fsp3) is 0.200. The summed E-state index contributed by atoms with van der Waals surface area (Å²) < 4.78 is 4.82. The Morgan fingerprint density at radius 2 is 2.50 bits per heavy atom. The summed E-state index contributed by atoms with van der Waals surface area (Å²) in [7, 11) is 1.58. The van der Waals surface area contributed by atoms with E-state index in [4.69, 9.17) is 16.3 Å². The Kier molecular flexibility index (Phi) is 1.44. The van der Waals surface area contributed by atoms with Crippen molar-refractivity contribution in [3.63, 3.8) is 0 Å². The number of nitrogens with one attached hydrogen (secondary N) is 1. The van der Waals surface area contributed by atoms with Crippen molar-refractivity contribution in [1.82, 2.24) is 4.98 Å². The standard InChI is InChI=1S/C5H6ClNO/c1-8-4-2-3-7-5(4)6/h2-3,7H,1H3. The van der Waals surface area contributed by atoms with E-state index in [2.05, 4.69) is 4.98 Å². The van der Waals surface area contributed by atoms with Crippen LogP contribution in [0.1, 0.15) is 0 Å². The SMILES string of the molecule is COc1cc[nH]c1Cl. The van der Waals surface area contributed by atoms with Gasteiger partial charge in [0.15, 0.2) is 5.75 Å². The molecule has 0 saturated carbocycles. The highest BCUT2D eigenvalue weighted by atomic mass is 35.5. The molecule has 1 aromatic heterocycles. The maximum atomic E-state index is 5.56. The highest BCUT2D eigenvalue weighted by molar-refractivity contribution is 6.30. The molecule has 0 fully saturated rings. The molecule has 0 bridgehead atoms. The van der Waals surface area contributed by atoms with Gasteiger partial charge in [-0.2, -0.15) is 0 Å². The van der Waals surface area contributed by atoms with Crippen LogP contribution in [0.25, 0.3) is 0 Å². The van der Waals surface area contributed by atoms with Gasteiger partial charge in [0.05, 0.1) is 7.11 Å². The zero-order chi connectivity index (χ0) is 5.98. The number of H-pyrrole nitrogens is 1. The van der Waals surface area contributed by atoms with Crippen LogP contribution in [0.4, 0.5) is 0 Å². The molecule has 2 nitrogen and oxygen atoms in total. The van der Waals surface area contributed by atoms with Crippen molar-refractivity contribution in [2.24, 2.45) is 0 Å². The molecule has 0 unspecified atom stereocenters. The molecule has 0 spiro atoms. The van der Waals surface area contributed by atoms with Gasteiger partial charge in [-0.15, -0.1) is 0 Å². The smallest absolute Gasteiger partial charge is 0.155 e. The molecule has 3 heteroatoms. The van der Waals surface area contributed by atoms with Crippen molar-refractivity contribution in [1.29, 1.82) is 0 Å². The Balaban J connectivity index is 2.92. The first kappa shape index (κ1) is 5.51. The molecular formula is C5H6ClNO. The second-order valence-electron chi connectivity index (χ2n) is 1.36. The first-order valence-electron chi connectivity index (χ1n) is 2.21. The van der Waals surface area contributed by atoms with Crippen molar-refractivity contribution in [2.45, 2.75) is 0 Å². The van der Waals surface area contributed by atoms with Crippen LogP contribution in [-0.4, -0.2) is 12.1 Å². The highest BCUT2D eigenvalue weighted by Crippen LogP contribution is 2.20. The van der Waals surface area contributed by atoms with Crippen molar-refractivity contribution >= 4 is 11.6 Å². The van der Waals surface area contributed by atoms with Gasteiger partial charge < -0.3 is 9.72 Å². The Morgan fingerprint density at radius 3 is 2.75 bits per heavy atom. The zero-order valence-corrected chi connectivity index (χ0v) is 5.20. The number of halogens is 1. The second kappa shape index (κ2) is 2.09. The van der Waals surface area contributed by atoms with E-state index >= 15 is 0 Å². The largest absolute Gasteiger partial charge is 0.494 e. The summed E-state index contributed by atoms with van der Waals surface area (Å²) >= 11 is 5.56. The Hall–Kier alpha value is -0.630. The third-order valence-corrected chi connectivity index (χ3v) is 1.18. The fourth-order valence-electron chi connectivity index (χ4n) is 0.492. The quantitative estimate of drug-likeness (QED) is 0.616. The van der Waals surface area contributed by atoms with Crippen LogP contribution in [0.3, 0.4) is 0 Å². The van der Waals surface area contributed by atoms with Gasteiger partial charge in [-0.25, -0.2) is 0 Å². The summed E-state index contributed by atoms with van der Waals surface area (Å²) in [6, 6.07) is 1.77. The predicted molar refractivity (Wildman–Crippen MR) is 32.4 cm³/mol. The summed E-state index contributed by atoms with van der Waals surface area (Å²) in [6.45, 7) is 0. The molecule has 0 radical (unpaired) electrons. The third-order valence-electron chi connectivity index (χ3n) is 0.881. The Bertz CT molecular complexity index is 173. The van der Waals surface area contributed by atoms with Crippen LogP contribution in [0.15, 0.2) is 12.3 Å². The van der Waals surface area contributed by atoms with Gasteiger partial charge in [0.2, 0.25) is 0 Å². The molecule has 0 saturated heterocycles. The summed E-state index contributed by atoms with van der Waals surface area (Å²) in [5, 5.41) is 0.549. The average molecular weight is 132 g/mol. The Morgan fingerprint density at radius 1 is 1.75 bits per heavy atom. The number of rotatable bonds is 1. The van der Waals surface area contributed by atoms with Crippen molar-refractivity contribution in [3.05, 3.63) is 17.4 Å². The third kappa shape index (κ3) is 0.793. The minimum atomic E-state index is 0.549. The molecule has 1 aromatic rings. The van der Waals surface area contributed by atoms with Gasteiger partial charge >= 0.3 is 0 Å². The molecule has 0 aliphatic heterocycles. The molecule has 44 valence electrons. The summed E-state index contributed by atoms with van der Waals surface area (Å²) in [6.07, 6.45) is 1.72. The number of aromatic amines is 1. The summed E-state index contributed by atoms with van der Waals surface area (Å²) in [5.74, 6) is 0.687. The normalized spacial score (nSPS) is 9.25. The highest BCUT2D eigenvalue weighted by Gasteiger charge is 1.95. The van der Waals surface area contributed by atoms with Gasteiger partial charge in [0.1, 0.15) is 5.15 Å². The molecule has 0 aromatic carbocycles. The van der Waals surface area contributed by atoms with E-state index in [1.165, 1.54) is 0 Å². The van der Waals surface area contributed by atoms with E-state index in [0.29, 0.717) is 10.9 Å². The maximum Gasteiger partial charge on any atom is 0.155 e. The molecule has 8 heavy (non-hydrogen) atoms. The molecule has 0 atom stereocenters. The topological polar surface area (TPSA) is 25.0 Å².